The van der Waals surface area contributed by atoms with Crippen LogP contribution in [-0.2, 0) is 4.79 Å². The molecule has 2 aliphatic heterocycles. The Kier molecular flexibility index (Phi) is 8.40. The Morgan fingerprint density at radius 2 is 1.68 bits per heavy atom. The fraction of sp³-hybridized carbons (Fsp3) is 0.905. The van der Waals surface area contributed by atoms with Gasteiger partial charge < -0.3 is 20.0 Å². The summed E-state index contributed by atoms with van der Waals surface area (Å²) in [6.07, 6.45) is 7.78. The van der Waals surface area contributed by atoms with Crippen LogP contribution in [0.4, 0.5) is 0 Å². The maximum absolute atomic E-state index is 12.4. The van der Waals surface area contributed by atoms with Gasteiger partial charge in [0, 0.05) is 58.4 Å². The summed E-state index contributed by atoms with van der Waals surface area (Å²) in [4.78, 5) is 26.4. The summed E-state index contributed by atoms with van der Waals surface area (Å²) in [6, 6.07) is 0.759. The van der Waals surface area contributed by atoms with Crippen molar-refractivity contribution in [3.63, 3.8) is 0 Å². The SMILES string of the molecule is CCNC(=NCCN(C)C1CCCC1)N1CCN(CC(=O)N2CCCC2)CC1. The molecule has 0 atom stereocenters. The number of likely N-dealkylation sites (N-methyl/N-ethyl adjacent to an activating group) is 1. The van der Waals surface area contributed by atoms with Gasteiger partial charge in [0.15, 0.2) is 5.96 Å². The highest BCUT2D eigenvalue weighted by atomic mass is 16.2. The predicted molar refractivity (Wildman–Crippen MR) is 115 cm³/mol. The van der Waals surface area contributed by atoms with E-state index < -0.39 is 0 Å². The van der Waals surface area contributed by atoms with E-state index >= 15 is 0 Å². The highest BCUT2D eigenvalue weighted by molar-refractivity contribution is 5.80. The molecule has 7 heteroatoms. The van der Waals surface area contributed by atoms with Gasteiger partial charge in [-0.05, 0) is 39.7 Å². The van der Waals surface area contributed by atoms with Crippen molar-refractivity contribution in [2.75, 3.05) is 72.5 Å². The molecule has 0 spiro atoms. The molecule has 0 aromatic carbocycles. The Morgan fingerprint density at radius 3 is 2.32 bits per heavy atom. The Bertz CT molecular complexity index is 505. The Labute approximate surface area is 171 Å². The number of amides is 1. The molecule has 2 heterocycles. The number of carbonyl (C=O) groups is 1. The lowest BCUT2D eigenvalue weighted by atomic mass is 10.2. The van der Waals surface area contributed by atoms with E-state index in [1.54, 1.807) is 0 Å². The number of guanidine groups is 1. The maximum Gasteiger partial charge on any atom is 0.236 e. The lowest BCUT2D eigenvalue weighted by Crippen LogP contribution is -2.54. The number of rotatable bonds is 7. The largest absolute Gasteiger partial charge is 0.357 e. The average molecular weight is 393 g/mol. The highest BCUT2D eigenvalue weighted by Crippen LogP contribution is 2.21. The van der Waals surface area contributed by atoms with E-state index in [2.05, 4.69) is 34.0 Å². The number of hydrogen-bond acceptors (Lipinski definition) is 4. The normalized spacial score (nSPS) is 22.5. The topological polar surface area (TPSA) is 54.4 Å². The van der Waals surface area contributed by atoms with Crippen LogP contribution in [0.25, 0.3) is 0 Å². The molecule has 2 saturated heterocycles. The molecule has 3 aliphatic rings. The van der Waals surface area contributed by atoms with Crippen molar-refractivity contribution < 1.29 is 4.79 Å². The molecule has 1 aliphatic carbocycles. The molecule has 0 unspecified atom stereocenters. The smallest absolute Gasteiger partial charge is 0.236 e. The number of nitrogens with zero attached hydrogens (tertiary/aromatic N) is 5. The van der Waals surface area contributed by atoms with E-state index in [0.29, 0.717) is 12.5 Å². The molecule has 0 aromatic rings. The molecule has 1 N–H and O–H groups in total. The maximum atomic E-state index is 12.4. The fourth-order valence-electron chi connectivity index (χ4n) is 4.64. The molecule has 160 valence electrons. The number of hydrogen-bond donors (Lipinski definition) is 1. The van der Waals surface area contributed by atoms with Crippen LogP contribution in [0.2, 0.25) is 0 Å². The highest BCUT2D eigenvalue weighted by Gasteiger charge is 2.24. The van der Waals surface area contributed by atoms with E-state index in [9.17, 15) is 4.79 Å². The fourth-order valence-corrected chi connectivity index (χ4v) is 4.64. The molecule has 1 amide bonds. The minimum absolute atomic E-state index is 0.307. The van der Waals surface area contributed by atoms with Crippen LogP contribution < -0.4 is 5.32 Å². The quantitative estimate of drug-likeness (QED) is 0.519. The van der Waals surface area contributed by atoms with E-state index in [1.165, 1.54) is 25.7 Å². The Morgan fingerprint density at radius 1 is 1.00 bits per heavy atom. The lowest BCUT2D eigenvalue weighted by Gasteiger charge is -2.36. The summed E-state index contributed by atoms with van der Waals surface area (Å²) >= 11 is 0. The second-order valence-electron chi connectivity index (χ2n) is 8.51. The van der Waals surface area contributed by atoms with Gasteiger partial charge in [-0.15, -0.1) is 0 Å². The number of nitrogens with one attached hydrogen (secondary N) is 1. The molecular formula is C21H40N6O. The minimum atomic E-state index is 0.307. The predicted octanol–water partition coefficient (Wildman–Crippen LogP) is 1.07. The average Bonchev–Trinajstić information content (AvgIpc) is 3.42. The first-order valence-electron chi connectivity index (χ1n) is 11.4. The van der Waals surface area contributed by atoms with Crippen LogP contribution in [0, 0.1) is 0 Å². The van der Waals surface area contributed by atoms with Crippen molar-refractivity contribution in [2.24, 2.45) is 4.99 Å². The summed E-state index contributed by atoms with van der Waals surface area (Å²) < 4.78 is 0. The van der Waals surface area contributed by atoms with E-state index in [0.717, 1.165) is 83.7 Å². The van der Waals surface area contributed by atoms with Crippen LogP contribution in [0.5, 0.6) is 0 Å². The van der Waals surface area contributed by atoms with Gasteiger partial charge in [0.25, 0.3) is 0 Å². The monoisotopic (exact) mass is 392 g/mol. The zero-order valence-electron chi connectivity index (χ0n) is 18.0. The molecule has 0 aromatic heterocycles. The molecule has 3 fully saturated rings. The second-order valence-corrected chi connectivity index (χ2v) is 8.51. The zero-order valence-corrected chi connectivity index (χ0v) is 18.0. The second kappa shape index (κ2) is 11.0. The van der Waals surface area contributed by atoms with Crippen molar-refractivity contribution in [3.8, 4) is 0 Å². The first kappa shape index (κ1) is 21.4. The van der Waals surface area contributed by atoms with Gasteiger partial charge in [0.2, 0.25) is 5.91 Å². The third-order valence-electron chi connectivity index (χ3n) is 6.49. The molecule has 0 bridgehead atoms. The van der Waals surface area contributed by atoms with Crippen LogP contribution in [0.15, 0.2) is 4.99 Å². The van der Waals surface area contributed by atoms with Crippen LogP contribution in [0.3, 0.4) is 0 Å². The first-order valence-corrected chi connectivity index (χ1v) is 11.4. The van der Waals surface area contributed by atoms with Gasteiger partial charge in [-0.25, -0.2) is 0 Å². The standard InChI is InChI=1S/C21H40N6O/c1-3-22-21(23-10-13-24(2)19-8-4-5-9-19)27-16-14-25(15-17-27)18-20(28)26-11-6-7-12-26/h19H,3-18H2,1-2H3,(H,22,23). The summed E-state index contributed by atoms with van der Waals surface area (Å²) in [5.74, 6) is 1.34. The summed E-state index contributed by atoms with van der Waals surface area (Å²) in [5, 5.41) is 3.46. The summed E-state index contributed by atoms with van der Waals surface area (Å²) in [5.41, 5.74) is 0. The number of piperazine rings is 1. The molecule has 7 nitrogen and oxygen atoms in total. The minimum Gasteiger partial charge on any atom is -0.357 e. The Hall–Kier alpha value is -1.34. The zero-order chi connectivity index (χ0) is 19.8. The van der Waals surface area contributed by atoms with E-state index in [-0.39, 0.29) is 0 Å². The van der Waals surface area contributed by atoms with E-state index in [4.69, 9.17) is 4.99 Å². The molecule has 3 rings (SSSR count). The third kappa shape index (κ3) is 6.08. The molecule has 1 saturated carbocycles. The summed E-state index contributed by atoms with van der Waals surface area (Å²) in [7, 11) is 2.24. The number of carbonyl (C=O) groups excluding carboxylic acids is 1. The molecular weight excluding hydrogens is 352 g/mol. The van der Waals surface area contributed by atoms with Gasteiger partial charge >= 0.3 is 0 Å². The van der Waals surface area contributed by atoms with Crippen molar-refractivity contribution in [3.05, 3.63) is 0 Å². The van der Waals surface area contributed by atoms with Crippen molar-refractivity contribution in [1.29, 1.82) is 0 Å². The van der Waals surface area contributed by atoms with Crippen molar-refractivity contribution in [2.45, 2.75) is 51.5 Å². The lowest BCUT2D eigenvalue weighted by molar-refractivity contribution is -0.131. The van der Waals surface area contributed by atoms with Crippen molar-refractivity contribution >= 4 is 11.9 Å². The van der Waals surface area contributed by atoms with Gasteiger partial charge in [-0.3, -0.25) is 14.7 Å². The van der Waals surface area contributed by atoms with Crippen LogP contribution in [-0.4, -0.2) is 110 Å². The Balaban J connectivity index is 1.42. The van der Waals surface area contributed by atoms with Gasteiger partial charge in [0.05, 0.1) is 13.1 Å². The van der Waals surface area contributed by atoms with Crippen molar-refractivity contribution in [1.82, 2.24) is 24.9 Å². The number of likely N-dealkylation sites (tertiary alicyclic amines) is 1. The number of aliphatic imine (C=N–C) groups is 1. The first-order chi connectivity index (χ1) is 13.7. The van der Waals surface area contributed by atoms with Gasteiger partial charge in [-0.1, -0.05) is 12.8 Å². The van der Waals surface area contributed by atoms with Crippen LogP contribution in [0.1, 0.15) is 45.4 Å². The van der Waals surface area contributed by atoms with Gasteiger partial charge in [0.1, 0.15) is 0 Å². The van der Waals surface area contributed by atoms with Crippen LogP contribution >= 0.6 is 0 Å². The molecule has 28 heavy (non-hydrogen) atoms. The third-order valence-corrected chi connectivity index (χ3v) is 6.49. The van der Waals surface area contributed by atoms with E-state index in [1.807, 2.05) is 4.90 Å². The summed E-state index contributed by atoms with van der Waals surface area (Å²) in [6.45, 7) is 11.1. The molecule has 0 radical (unpaired) electrons. The van der Waals surface area contributed by atoms with Gasteiger partial charge in [-0.2, -0.15) is 0 Å².